The van der Waals surface area contributed by atoms with Gasteiger partial charge in [-0.25, -0.2) is 0 Å². The molecular weight excluding hydrogens is 172 g/mol. The molecule has 0 amide bonds. The number of aromatic nitrogens is 1. The summed E-state index contributed by atoms with van der Waals surface area (Å²) in [7, 11) is 2.26. The fourth-order valence-electron chi connectivity index (χ4n) is 3.21. The third-order valence-electron chi connectivity index (χ3n) is 4.04. The van der Waals surface area contributed by atoms with Gasteiger partial charge in [0.05, 0.1) is 0 Å². The van der Waals surface area contributed by atoms with Crippen LogP contribution in [-0.2, 0) is 12.0 Å². The highest BCUT2D eigenvalue weighted by Gasteiger charge is 2.44. The summed E-state index contributed by atoms with van der Waals surface area (Å²) < 4.78 is 0. The zero-order chi connectivity index (χ0) is 9.60. The normalized spacial score (nSPS) is 31.2. The molecule has 0 saturated carbocycles. The molecule has 0 aromatic carbocycles. The molecule has 2 heterocycles. The molecule has 74 valence electrons. The van der Waals surface area contributed by atoms with Crippen LogP contribution in [-0.4, -0.2) is 23.5 Å². The minimum absolute atomic E-state index is 0.351. The van der Waals surface area contributed by atoms with Crippen molar-refractivity contribution in [3.63, 3.8) is 0 Å². The molecule has 0 bridgehead atoms. The minimum atomic E-state index is 0.351. The Bertz CT molecular complexity index is 361. The lowest BCUT2D eigenvalue weighted by molar-refractivity contribution is 0.174. The Morgan fingerprint density at radius 3 is 3.14 bits per heavy atom. The summed E-state index contributed by atoms with van der Waals surface area (Å²) in [5, 5.41) is 0. The van der Waals surface area contributed by atoms with Crippen molar-refractivity contribution in [1.29, 1.82) is 0 Å². The summed E-state index contributed by atoms with van der Waals surface area (Å²) in [4.78, 5) is 6.81. The van der Waals surface area contributed by atoms with Crippen molar-refractivity contribution in [3.05, 3.63) is 29.6 Å². The molecule has 14 heavy (non-hydrogen) atoms. The van der Waals surface area contributed by atoms with Crippen LogP contribution in [0.2, 0.25) is 0 Å². The second-order valence-corrected chi connectivity index (χ2v) is 4.59. The summed E-state index contributed by atoms with van der Waals surface area (Å²) in [6.07, 6.45) is 9.21. The predicted octanol–water partition coefficient (Wildman–Crippen LogP) is 1.95. The van der Waals surface area contributed by atoms with E-state index in [1.54, 1.807) is 0 Å². The number of aryl methyl sites for hydroxylation is 1. The standard InChI is InChI=1S/C12H16N2/c1-14-8-2-5-12(14)6-3-10-4-7-13-9-11(10)12/h4,7,9H,2-3,5-6,8H2,1H3/t12-/m0/s1. The van der Waals surface area contributed by atoms with Crippen molar-refractivity contribution in [3.8, 4) is 0 Å². The highest BCUT2D eigenvalue weighted by atomic mass is 15.2. The molecule has 1 aliphatic carbocycles. The monoisotopic (exact) mass is 188 g/mol. The third-order valence-corrected chi connectivity index (χ3v) is 4.04. The van der Waals surface area contributed by atoms with E-state index in [4.69, 9.17) is 0 Å². The van der Waals surface area contributed by atoms with E-state index in [1.165, 1.54) is 43.4 Å². The van der Waals surface area contributed by atoms with Gasteiger partial charge in [0.1, 0.15) is 0 Å². The van der Waals surface area contributed by atoms with Gasteiger partial charge in [0.2, 0.25) is 0 Å². The average Bonchev–Trinajstić information content (AvgIpc) is 2.76. The molecular formula is C12H16N2. The average molecular weight is 188 g/mol. The molecule has 1 aromatic rings. The maximum atomic E-state index is 4.28. The fraction of sp³-hybridized carbons (Fsp3) is 0.583. The lowest BCUT2D eigenvalue weighted by Gasteiger charge is -2.32. The molecule has 2 nitrogen and oxygen atoms in total. The van der Waals surface area contributed by atoms with Crippen LogP contribution in [0.25, 0.3) is 0 Å². The highest BCUT2D eigenvalue weighted by molar-refractivity contribution is 5.37. The topological polar surface area (TPSA) is 16.1 Å². The van der Waals surface area contributed by atoms with Gasteiger partial charge in [0, 0.05) is 17.9 Å². The Kier molecular flexibility index (Phi) is 1.68. The zero-order valence-electron chi connectivity index (χ0n) is 8.66. The molecule has 0 N–H and O–H groups in total. The number of nitrogens with zero attached hydrogens (tertiary/aromatic N) is 2. The molecule has 1 atom stereocenters. The van der Waals surface area contributed by atoms with E-state index in [2.05, 4.69) is 29.2 Å². The third kappa shape index (κ3) is 0.921. The Labute approximate surface area is 85.0 Å². The first-order chi connectivity index (χ1) is 6.83. The van der Waals surface area contributed by atoms with Crippen molar-refractivity contribution in [2.45, 2.75) is 31.2 Å². The van der Waals surface area contributed by atoms with Crippen LogP contribution in [0.15, 0.2) is 18.5 Å². The first-order valence-electron chi connectivity index (χ1n) is 5.47. The lowest BCUT2D eigenvalue weighted by atomic mass is 9.90. The SMILES string of the molecule is CN1CCC[C@@]12CCc1ccncc12. The molecule has 0 radical (unpaired) electrons. The Balaban J connectivity index is 2.12. The first-order valence-corrected chi connectivity index (χ1v) is 5.47. The first kappa shape index (κ1) is 8.42. The van der Waals surface area contributed by atoms with E-state index in [9.17, 15) is 0 Å². The van der Waals surface area contributed by atoms with Crippen molar-refractivity contribution >= 4 is 0 Å². The maximum Gasteiger partial charge on any atom is 0.0479 e. The molecule has 3 rings (SSSR count). The summed E-state index contributed by atoms with van der Waals surface area (Å²) >= 11 is 0. The van der Waals surface area contributed by atoms with E-state index in [1.807, 2.05) is 6.20 Å². The van der Waals surface area contributed by atoms with Gasteiger partial charge in [-0.15, -0.1) is 0 Å². The summed E-state index contributed by atoms with van der Waals surface area (Å²) in [6.45, 7) is 1.24. The van der Waals surface area contributed by atoms with Crippen LogP contribution in [0.1, 0.15) is 30.4 Å². The molecule has 1 aliphatic heterocycles. The second kappa shape index (κ2) is 2.80. The van der Waals surface area contributed by atoms with Gasteiger partial charge < -0.3 is 0 Å². The molecule has 1 fully saturated rings. The number of fused-ring (bicyclic) bond motifs is 2. The minimum Gasteiger partial charge on any atom is -0.297 e. The van der Waals surface area contributed by atoms with Gasteiger partial charge in [-0.05, 0) is 56.5 Å². The molecule has 1 saturated heterocycles. The zero-order valence-corrected chi connectivity index (χ0v) is 8.66. The van der Waals surface area contributed by atoms with Gasteiger partial charge in [0.25, 0.3) is 0 Å². The Morgan fingerprint density at radius 2 is 2.36 bits per heavy atom. The number of hydrogen-bond acceptors (Lipinski definition) is 2. The van der Waals surface area contributed by atoms with Crippen LogP contribution in [0.3, 0.4) is 0 Å². The van der Waals surface area contributed by atoms with Crippen LogP contribution in [0, 0.1) is 0 Å². The summed E-state index contributed by atoms with van der Waals surface area (Å²) in [5.74, 6) is 0. The van der Waals surface area contributed by atoms with Crippen molar-refractivity contribution < 1.29 is 0 Å². The smallest absolute Gasteiger partial charge is 0.0479 e. The van der Waals surface area contributed by atoms with Crippen molar-refractivity contribution in [1.82, 2.24) is 9.88 Å². The second-order valence-electron chi connectivity index (χ2n) is 4.59. The molecule has 1 aromatic heterocycles. The van der Waals surface area contributed by atoms with E-state index in [0.717, 1.165) is 0 Å². The van der Waals surface area contributed by atoms with Crippen LogP contribution >= 0.6 is 0 Å². The van der Waals surface area contributed by atoms with Gasteiger partial charge in [-0.1, -0.05) is 0 Å². The molecule has 0 unspecified atom stereocenters. The quantitative estimate of drug-likeness (QED) is 0.618. The van der Waals surface area contributed by atoms with Gasteiger partial charge in [-0.2, -0.15) is 0 Å². The molecule has 1 spiro atoms. The van der Waals surface area contributed by atoms with Crippen LogP contribution < -0.4 is 0 Å². The number of pyridine rings is 1. The fourth-order valence-corrected chi connectivity index (χ4v) is 3.21. The van der Waals surface area contributed by atoms with E-state index < -0.39 is 0 Å². The largest absolute Gasteiger partial charge is 0.297 e. The lowest BCUT2D eigenvalue weighted by Crippen LogP contribution is -2.36. The number of likely N-dealkylation sites (tertiary alicyclic amines) is 1. The van der Waals surface area contributed by atoms with Crippen molar-refractivity contribution in [2.75, 3.05) is 13.6 Å². The van der Waals surface area contributed by atoms with Crippen LogP contribution in [0.4, 0.5) is 0 Å². The summed E-state index contributed by atoms with van der Waals surface area (Å²) in [5.41, 5.74) is 3.37. The van der Waals surface area contributed by atoms with Gasteiger partial charge >= 0.3 is 0 Å². The Hall–Kier alpha value is -0.890. The number of rotatable bonds is 0. The van der Waals surface area contributed by atoms with E-state index in [-0.39, 0.29) is 0 Å². The molecule has 2 heteroatoms. The highest BCUT2D eigenvalue weighted by Crippen LogP contribution is 2.47. The Morgan fingerprint density at radius 1 is 1.43 bits per heavy atom. The van der Waals surface area contributed by atoms with E-state index in [0.29, 0.717) is 5.54 Å². The maximum absolute atomic E-state index is 4.28. The van der Waals surface area contributed by atoms with E-state index >= 15 is 0 Å². The summed E-state index contributed by atoms with van der Waals surface area (Å²) in [6, 6.07) is 2.19. The number of hydrogen-bond donors (Lipinski definition) is 0. The van der Waals surface area contributed by atoms with Crippen LogP contribution in [0.5, 0.6) is 0 Å². The van der Waals surface area contributed by atoms with Gasteiger partial charge in [-0.3, -0.25) is 9.88 Å². The predicted molar refractivity (Wildman–Crippen MR) is 56.1 cm³/mol. The van der Waals surface area contributed by atoms with Crippen molar-refractivity contribution in [2.24, 2.45) is 0 Å². The molecule has 2 aliphatic rings. The van der Waals surface area contributed by atoms with Gasteiger partial charge in [0.15, 0.2) is 0 Å².